The number of carbonyl (C=O) groups excluding carboxylic acids is 1. The third-order valence-electron chi connectivity index (χ3n) is 5.17. The normalized spacial score (nSPS) is 17.7. The Morgan fingerprint density at radius 1 is 1.35 bits per heavy atom. The number of hydrogen-bond donors (Lipinski definition) is 2. The van der Waals surface area contributed by atoms with Crippen molar-refractivity contribution >= 4 is 16.8 Å². The Kier molecular flexibility index (Phi) is 4.67. The zero-order chi connectivity index (χ0) is 17.9. The summed E-state index contributed by atoms with van der Waals surface area (Å²) >= 11 is 0. The lowest BCUT2D eigenvalue weighted by Gasteiger charge is -2.16. The van der Waals surface area contributed by atoms with Gasteiger partial charge in [-0.3, -0.25) is 14.7 Å². The molecule has 2 aromatic heterocycles. The van der Waals surface area contributed by atoms with Crippen LogP contribution in [0.3, 0.4) is 0 Å². The molecule has 3 aromatic rings. The first-order chi connectivity index (χ1) is 12.7. The van der Waals surface area contributed by atoms with Gasteiger partial charge in [-0.25, -0.2) is 4.98 Å². The van der Waals surface area contributed by atoms with Crippen molar-refractivity contribution in [1.82, 2.24) is 25.2 Å². The molecule has 1 saturated heterocycles. The van der Waals surface area contributed by atoms with Crippen molar-refractivity contribution in [2.45, 2.75) is 19.9 Å². The number of likely N-dealkylation sites (tertiary alicyclic amines) is 1. The molecule has 1 aromatic carbocycles. The number of nitrogens with zero attached hydrogens (tertiary/aromatic N) is 3. The third-order valence-corrected chi connectivity index (χ3v) is 5.17. The fourth-order valence-corrected chi connectivity index (χ4v) is 3.69. The highest BCUT2D eigenvalue weighted by Gasteiger charge is 2.24. The molecule has 4 rings (SSSR count). The predicted molar refractivity (Wildman–Crippen MR) is 101 cm³/mol. The minimum absolute atomic E-state index is 0.150. The number of carbonyl (C=O) groups is 1. The van der Waals surface area contributed by atoms with Gasteiger partial charge in [0.15, 0.2) is 0 Å². The van der Waals surface area contributed by atoms with Crippen LogP contribution in [0, 0.1) is 12.8 Å². The molecule has 0 bridgehead atoms. The number of fused-ring (bicyclic) bond motifs is 1. The molecule has 0 radical (unpaired) electrons. The Morgan fingerprint density at radius 3 is 3.04 bits per heavy atom. The van der Waals surface area contributed by atoms with Crippen LogP contribution in [-0.4, -0.2) is 45.4 Å². The molecule has 6 nitrogen and oxygen atoms in total. The number of rotatable bonds is 5. The van der Waals surface area contributed by atoms with Gasteiger partial charge in [-0.2, -0.15) is 0 Å². The molecule has 0 unspecified atom stereocenters. The smallest absolute Gasteiger partial charge is 0.271 e. The lowest BCUT2D eigenvalue weighted by molar-refractivity contribution is 0.0942. The molecule has 2 N–H and O–H groups in total. The van der Waals surface area contributed by atoms with E-state index in [4.69, 9.17) is 0 Å². The number of amides is 1. The van der Waals surface area contributed by atoms with Crippen molar-refractivity contribution in [3.63, 3.8) is 0 Å². The summed E-state index contributed by atoms with van der Waals surface area (Å²) in [7, 11) is 0. The van der Waals surface area contributed by atoms with E-state index in [0.717, 1.165) is 26.1 Å². The van der Waals surface area contributed by atoms with Crippen LogP contribution in [-0.2, 0) is 6.54 Å². The van der Waals surface area contributed by atoms with E-state index >= 15 is 0 Å². The molecule has 3 heterocycles. The molecule has 1 atom stereocenters. The molecule has 1 amide bonds. The highest BCUT2D eigenvalue weighted by atomic mass is 16.1. The van der Waals surface area contributed by atoms with Crippen molar-refractivity contribution in [2.24, 2.45) is 5.92 Å². The number of para-hydroxylation sites is 1. The van der Waals surface area contributed by atoms with Gasteiger partial charge in [-0.05, 0) is 37.4 Å². The van der Waals surface area contributed by atoms with E-state index < -0.39 is 0 Å². The Hall–Kier alpha value is -2.73. The van der Waals surface area contributed by atoms with E-state index in [-0.39, 0.29) is 5.91 Å². The zero-order valence-electron chi connectivity index (χ0n) is 14.9. The van der Waals surface area contributed by atoms with Gasteiger partial charge in [-0.1, -0.05) is 18.2 Å². The second kappa shape index (κ2) is 7.25. The van der Waals surface area contributed by atoms with Gasteiger partial charge in [0.25, 0.3) is 5.91 Å². The van der Waals surface area contributed by atoms with Gasteiger partial charge in [0, 0.05) is 48.6 Å². The Bertz CT molecular complexity index is 905. The number of nitrogens with one attached hydrogen (secondary N) is 2. The first-order valence-corrected chi connectivity index (χ1v) is 9.03. The molecule has 1 aliphatic rings. The van der Waals surface area contributed by atoms with Crippen molar-refractivity contribution in [3.8, 4) is 0 Å². The van der Waals surface area contributed by atoms with E-state index in [1.807, 2.05) is 0 Å². The van der Waals surface area contributed by atoms with Gasteiger partial charge >= 0.3 is 0 Å². The summed E-state index contributed by atoms with van der Waals surface area (Å²) in [6, 6.07) is 8.44. The third kappa shape index (κ3) is 3.46. The SMILES string of the molecule is Cc1c(CN2CC[C@H](CNC(=O)c3cnccn3)C2)[nH]c2ccccc12. The maximum Gasteiger partial charge on any atom is 0.271 e. The topological polar surface area (TPSA) is 73.9 Å². The van der Waals surface area contributed by atoms with Gasteiger partial charge in [-0.15, -0.1) is 0 Å². The quantitative estimate of drug-likeness (QED) is 0.742. The van der Waals surface area contributed by atoms with Gasteiger partial charge in [0.1, 0.15) is 5.69 Å². The van der Waals surface area contributed by atoms with E-state index in [0.29, 0.717) is 18.2 Å². The molecule has 134 valence electrons. The van der Waals surface area contributed by atoms with E-state index in [9.17, 15) is 4.79 Å². The monoisotopic (exact) mass is 349 g/mol. The van der Waals surface area contributed by atoms with Gasteiger partial charge < -0.3 is 10.3 Å². The first-order valence-electron chi connectivity index (χ1n) is 9.03. The Morgan fingerprint density at radius 2 is 2.23 bits per heavy atom. The highest BCUT2D eigenvalue weighted by molar-refractivity contribution is 5.91. The minimum atomic E-state index is -0.150. The molecule has 1 fully saturated rings. The van der Waals surface area contributed by atoms with Crippen LogP contribution in [0.1, 0.15) is 28.2 Å². The minimum Gasteiger partial charge on any atom is -0.357 e. The van der Waals surface area contributed by atoms with Crippen LogP contribution in [0.4, 0.5) is 0 Å². The molecular weight excluding hydrogens is 326 g/mol. The standard InChI is InChI=1S/C20H23N5O/c1-14-16-4-2-3-5-17(16)24-19(14)13-25-9-6-15(12-25)10-23-20(26)18-11-21-7-8-22-18/h2-5,7-8,11,15,24H,6,9-10,12-13H2,1H3,(H,23,26)/t15-/m1/s1. The largest absolute Gasteiger partial charge is 0.357 e. The molecule has 0 saturated carbocycles. The lowest BCUT2D eigenvalue weighted by Crippen LogP contribution is -2.31. The second-order valence-corrected chi connectivity index (χ2v) is 6.96. The summed E-state index contributed by atoms with van der Waals surface area (Å²) in [4.78, 5) is 26.1. The molecule has 6 heteroatoms. The molecule has 0 spiro atoms. The molecular formula is C20H23N5O. The highest BCUT2D eigenvalue weighted by Crippen LogP contribution is 2.24. The van der Waals surface area contributed by atoms with E-state index in [2.05, 4.69) is 56.4 Å². The molecule has 0 aliphatic carbocycles. The van der Waals surface area contributed by atoms with E-state index in [1.54, 1.807) is 6.20 Å². The summed E-state index contributed by atoms with van der Waals surface area (Å²) in [6.45, 7) is 5.84. The van der Waals surface area contributed by atoms with Gasteiger partial charge in [0.05, 0.1) is 6.20 Å². The number of benzene rings is 1. The average Bonchev–Trinajstić information content (AvgIpc) is 3.26. The van der Waals surface area contributed by atoms with Crippen LogP contribution in [0.15, 0.2) is 42.9 Å². The molecule has 26 heavy (non-hydrogen) atoms. The van der Waals surface area contributed by atoms with Crippen molar-refractivity contribution in [3.05, 3.63) is 59.8 Å². The number of H-pyrrole nitrogens is 1. The number of hydrogen-bond acceptors (Lipinski definition) is 4. The van der Waals surface area contributed by atoms with Crippen LogP contribution in [0.25, 0.3) is 10.9 Å². The molecule has 1 aliphatic heterocycles. The van der Waals surface area contributed by atoms with Crippen LogP contribution in [0.5, 0.6) is 0 Å². The summed E-state index contributed by atoms with van der Waals surface area (Å²) < 4.78 is 0. The van der Waals surface area contributed by atoms with Crippen LogP contribution >= 0.6 is 0 Å². The number of aryl methyl sites for hydroxylation is 1. The predicted octanol–water partition coefficient (Wildman–Crippen LogP) is 2.52. The first kappa shape index (κ1) is 16.7. The fourth-order valence-electron chi connectivity index (χ4n) is 3.69. The Balaban J connectivity index is 1.32. The maximum absolute atomic E-state index is 12.1. The van der Waals surface area contributed by atoms with Crippen LogP contribution < -0.4 is 5.32 Å². The van der Waals surface area contributed by atoms with Crippen molar-refractivity contribution < 1.29 is 4.79 Å². The second-order valence-electron chi connectivity index (χ2n) is 6.96. The van der Waals surface area contributed by atoms with Crippen molar-refractivity contribution in [1.29, 1.82) is 0 Å². The Labute approximate surface area is 152 Å². The number of aromatic nitrogens is 3. The summed E-state index contributed by atoms with van der Waals surface area (Å²) in [6.07, 6.45) is 5.70. The summed E-state index contributed by atoms with van der Waals surface area (Å²) in [5.74, 6) is 0.323. The average molecular weight is 349 g/mol. The summed E-state index contributed by atoms with van der Waals surface area (Å²) in [5.41, 5.74) is 4.19. The summed E-state index contributed by atoms with van der Waals surface area (Å²) in [5, 5.41) is 4.28. The maximum atomic E-state index is 12.1. The zero-order valence-corrected chi connectivity index (χ0v) is 14.9. The van der Waals surface area contributed by atoms with E-state index in [1.165, 1.54) is 34.6 Å². The van der Waals surface area contributed by atoms with Gasteiger partial charge in [0.2, 0.25) is 0 Å². The fraction of sp³-hybridized carbons (Fsp3) is 0.350. The van der Waals surface area contributed by atoms with Crippen LogP contribution in [0.2, 0.25) is 0 Å². The number of aromatic amines is 1. The van der Waals surface area contributed by atoms with Crippen molar-refractivity contribution in [2.75, 3.05) is 19.6 Å². The lowest BCUT2D eigenvalue weighted by atomic mass is 10.1.